The summed E-state index contributed by atoms with van der Waals surface area (Å²) in [5.41, 5.74) is 1.14. The van der Waals surface area contributed by atoms with Gasteiger partial charge < -0.3 is 10.3 Å². The lowest BCUT2D eigenvalue weighted by Crippen LogP contribution is -2.25. The Hall–Kier alpha value is -1.44. The van der Waals surface area contributed by atoms with Crippen LogP contribution in [0.1, 0.15) is 0 Å². The summed E-state index contributed by atoms with van der Waals surface area (Å²) in [4.78, 5) is 3.32. The first-order valence-electron chi connectivity index (χ1n) is 5.11. The summed E-state index contributed by atoms with van der Waals surface area (Å²) in [7, 11) is 1.81. The highest BCUT2D eigenvalue weighted by molar-refractivity contribution is 7.99. The second-order valence-corrected chi connectivity index (χ2v) is 4.56. The third kappa shape index (κ3) is 2.38. The molecular formula is C12H13N3S. The number of hydrogen-bond acceptors (Lipinski definition) is 3. The largest absolute Gasteiger partial charge is 0.350 e. The van der Waals surface area contributed by atoms with Crippen LogP contribution in [0.5, 0.6) is 0 Å². The molecule has 0 spiro atoms. The third-order valence-corrected chi connectivity index (χ3v) is 3.45. The topological polar surface area (TPSA) is 51.6 Å². The number of hydrogen-bond donors (Lipinski definition) is 2. The molecule has 1 heterocycles. The van der Waals surface area contributed by atoms with E-state index in [0.717, 1.165) is 16.3 Å². The van der Waals surface area contributed by atoms with Gasteiger partial charge in [-0.3, -0.25) is 0 Å². The number of aromatic amines is 1. The summed E-state index contributed by atoms with van der Waals surface area (Å²) in [6, 6.07) is 12.4. The van der Waals surface area contributed by atoms with Crippen molar-refractivity contribution in [2.24, 2.45) is 0 Å². The number of thioether (sulfide) groups is 1. The summed E-state index contributed by atoms with van der Waals surface area (Å²) in [5, 5.41) is 14.1. The van der Waals surface area contributed by atoms with E-state index in [1.165, 1.54) is 5.39 Å². The molecule has 4 heteroatoms. The van der Waals surface area contributed by atoms with Gasteiger partial charge in [-0.25, -0.2) is 0 Å². The molecule has 0 aliphatic carbocycles. The molecule has 0 saturated carbocycles. The van der Waals surface area contributed by atoms with Crippen LogP contribution in [0.25, 0.3) is 10.9 Å². The van der Waals surface area contributed by atoms with Crippen molar-refractivity contribution >= 4 is 22.7 Å². The highest BCUT2D eigenvalue weighted by Crippen LogP contribution is 2.23. The lowest BCUT2D eigenvalue weighted by Gasteiger charge is -2.04. The van der Waals surface area contributed by atoms with E-state index in [9.17, 15) is 0 Å². The average Bonchev–Trinajstić information content (AvgIpc) is 2.73. The number of benzene rings is 1. The molecule has 0 saturated heterocycles. The predicted molar refractivity (Wildman–Crippen MR) is 67.5 cm³/mol. The van der Waals surface area contributed by atoms with Crippen molar-refractivity contribution in [3.8, 4) is 6.07 Å². The minimum absolute atomic E-state index is 0.101. The maximum atomic E-state index is 8.81. The second kappa shape index (κ2) is 5.06. The molecule has 1 unspecified atom stereocenters. The molecular weight excluding hydrogens is 218 g/mol. The minimum atomic E-state index is -0.101. The number of nitrogens with zero attached hydrogens (tertiary/aromatic N) is 1. The molecule has 0 radical (unpaired) electrons. The zero-order chi connectivity index (χ0) is 11.4. The van der Waals surface area contributed by atoms with Gasteiger partial charge in [0.25, 0.3) is 0 Å². The molecule has 2 N–H and O–H groups in total. The Balaban J connectivity index is 2.08. The summed E-state index contributed by atoms with van der Waals surface area (Å²) in [6.45, 7) is 0. The fourth-order valence-electron chi connectivity index (χ4n) is 1.48. The Bertz CT molecular complexity index is 479. The standard InChI is InChI=1S/C12H13N3S/c1-14-10(7-13)8-16-12-6-9-4-2-3-5-11(9)15-12/h2-6,10,14-15H,8H2,1H3. The Morgan fingerprint density at radius 3 is 3.00 bits per heavy atom. The van der Waals surface area contributed by atoms with Crippen molar-refractivity contribution in [2.45, 2.75) is 11.1 Å². The number of H-pyrrole nitrogens is 1. The molecule has 2 rings (SSSR count). The number of nitrogens with one attached hydrogen (secondary N) is 2. The van der Waals surface area contributed by atoms with E-state index in [1.54, 1.807) is 18.8 Å². The number of rotatable bonds is 4. The number of aromatic nitrogens is 1. The van der Waals surface area contributed by atoms with Gasteiger partial charge in [0.1, 0.15) is 6.04 Å². The molecule has 0 bridgehead atoms. The number of para-hydroxylation sites is 1. The zero-order valence-electron chi connectivity index (χ0n) is 9.03. The summed E-state index contributed by atoms with van der Waals surface area (Å²) in [6.07, 6.45) is 0. The van der Waals surface area contributed by atoms with Gasteiger partial charge in [0.2, 0.25) is 0 Å². The molecule has 0 amide bonds. The van der Waals surface area contributed by atoms with Gasteiger partial charge >= 0.3 is 0 Å². The quantitative estimate of drug-likeness (QED) is 0.794. The minimum Gasteiger partial charge on any atom is -0.350 e. The predicted octanol–water partition coefficient (Wildman–Crippen LogP) is 2.37. The van der Waals surface area contributed by atoms with Crippen LogP contribution >= 0.6 is 11.8 Å². The highest BCUT2D eigenvalue weighted by Gasteiger charge is 2.06. The van der Waals surface area contributed by atoms with Crippen molar-refractivity contribution in [2.75, 3.05) is 12.8 Å². The first-order chi connectivity index (χ1) is 7.83. The van der Waals surface area contributed by atoms with Crippen LogP contribution in [-0.4, -0.2) is 23.8 Å². The van der Waals surface area contributed by atoms with Crippen LogP contribution in [0, 0.1) is 11.3 Å². The molecule has 0 fully saturated rings. The van der Waals surface area contributed by atoms with E-state index < -0.39 is 0 Å². The molecule has 1 aromatic carbocycles. The van der Waals surface area contributed by atoms with Crippen molar-refractivity contribution in [1.82, 2.24) is 10.3 Å². The van der Waals surface area contributed by atoms with E-state index in [2.05, 4.69) is 34.6 Å². The Morgan fingerprint density at radius 1 is 1.50 bits per heavy atom. The normalized spacial score (nSPS) is 12.5. The molecule has 3 nitrogen and oxygen atoms in total. The van der Waals surface area contributed by atoms with Gasteiger partial charge in [0.15, 0.2) is 0 Å². The molecule has 16 heavy (non-hydrogen) atoms. The summed E-state index contributed by atoms with van der Waals surface area (Å²) < 4.78 is 0. The molecule has 0 aliphatic heterocycles. The Morgan fingerprint density at radius 2 is 2.31 bits per heavy atom. The zero-order valence-corrected chi connectivity index (χ0v) is 9.84. The lowest BCUT2D eigenvalue weighted by atomic mass is 10.3. The van der Waals surface area contributed by atoms with Crippen molar-refractivity contribution in [3.05, 3.63) is 30.3 Å². The van der Waals surface area contributed by atoms with Gasteiger partial charge in [0, 0.05) is 16.7 Å². The highest BCUT2D eigenvalue weighted by atomic mass is 32.2. The Kier molecular flexibility index (Phi) is 3.50. The van der Waals surface area contributed by atoms with Gasteiger partial charge in [0.05, 0.1) is 11.1 Å². The van der Waals surface area contributed by atoms with Crippen molar-refractivity contribution < 1.29 is 0 Å². The molecule has 82 valence electrons. The fourth-order valence-corrected chi connectivity index (χ4v) is 2.46. The second-order valence-electron chi connectivity index (χ2n) is 3.50. The molecule has 1 atom stereocenters. The summed E-state index contributed by atoms with van der Waals surface area (Å²) in [5.74, 6) is 0.750. The van der Waals surface area contributed by atoms with Gasteiger partial charge in [-0.1, -0.05) is 18.2 Å². The molecule has 0 aliphatic rings. The smallest absolute Gasteiger partial charge is 0.105 e. The van der Waals surface area contributed by atoms with E-state index in [-0.39, 0.29) is 6.04 Å². The van der Waals surface area contributed by atoms with E-state index >= 15 is 0 Å². The van der Waals surface area contributed by atoms with Gasteiger partial charge in [-0.05, 0) is 19.2 Å². The molecule has 2 aromatic rings. The maximum absolute atomic E-state index is 8.81. The van der Waals surface area contributed by atoms with Crippen LogP contribution in [0.15, 0.2) is 35.4 Å². The van der Waals surface area contributed by atoms with Crippen molar-refractivity contribution in [3.63, 3.8) is 0 Å². The fraction of sp³-hybridized carbons (Fsp3) is 0.250. The molecule has 1 aromatic heterocycles. The number of nitriles is 1. The van der Waals surface area contributed by atoms with Crippen LogP contribution in [0.3, 0.4) is 0 Å². The maximum Gasteiger partial charge on any atom is 0.105 e. The van der Waals surface area contributed by atoms with Crippen LogP contribution in [0.2, 0.25) is 0 Å². The SMILES string of the molecule is CNC(C#N)CSc1cc2ccccc2[nH]1. The van der Waals surface area contributed by atoms with Crippen LogP contribution in [0.4, 0.5) is 0 Å². The van der Waals surface area contributed by atoms with E-state index in [1.807, 2.05) is 12.1 Å². The average molecular weight is 231 g/mol. The van der Waals surface area contributed by atoms with Crippen LogP contribution in [-0.2, 0) is 0 Å². The first kappa shape index (κ1) is 11.1. The van der Waals surface area contributed by atoms with Crippen molar-refractivity contribution in [1.29, 1.82) is 5.26 Å². The third-order valence-electron chi connectivity index (χ3n) is 2.42. The Labute approximate surface area is 98.8 Å². The van der Waals surface area contributed by atoms with Gasteiger partial charge in [-0.2, -0.15) is 5.26 Å². The first-order valence-corrected chi connectivity index (χ1v) is 6.09. The van der Waals surface area contributed by atoms with E-state index in [4.69, 9.17) is 5.26 Å². The van der Waals surface area contributed by atoms with Gasteiger partial charge in [-0.15, -0.1) is 11.8 Å². The number of fused-ring (bicyclic) bond motifs is 1. The monoisotopic (exact) mass is 231 g/mol. The lowest BCUT2D eigenvalue weighted by molar-refractivity contribution is 0.749. The summed E-state index contributed by atoms with van der Waals surface area (Å²) >= 11 is 1.66. The van der Waals surface area contributed by atoms with Crippen LogP contribution < -0.4 is 5.32 Å². The van der Waals surface area contributed by atoms with E-state index in [0.29, 0.717) is 0 Å².